The third-order valence-corrected chi connectivity index (χ3v) is 7.52. The molecule has 1 aromatic carbocycles. The number of hydrogen-bond acceptors (Lipinski definition) is 6. The number of nitrogens with one attached hydrogen (secondary N) is 1. The van der Waals surface area contributed by atoms with Crippen LogP contribution in [0.15, 0.2) is 18.2 Å². The van der Waals surface area contributed by atoms with Gasteiger partial charge in [-0.2, -0.15) is 0 Å². The zero-order chi connectivity index (χ0) is 25.8. The van der Waals surface area contributed by atoms with E-state index in [0.717, 1.165) is 25.7 Å². The third kappa shape index (κ3) is 6.18. The minimum atomic E-state index is -0.239. The van der Waals surface area contributed by atoms with Gasteiger partial charge in [0.1, 0.15) is 12.4 Å². The van der Waals surface area contributed by atoms with Crippen LogP contribution in [0, 0.1) is 17.8 Å². The van der Waals surface area contributed by atoms with E-state index < -0.39 is 0 Å². The second kappa shape index (κ2) is 11.6. The first kappa shape index (κ1) is 26.4. The maximum atomic E-state index is 13.6. The Balaban J connectivity index is 1.62. The highest BCUT2D eigenvalue weighted by Crippen LogP contribution is 2.32. The number of hydrogen-bond donors (Lipinski definition) is 1. The first-order valence-electron chi connectivity index (χ1n) is 13.0. The molecule has 1 saturated heterocycles. The Morgan fingerprint density at radius 2 is 1.78 bits per heavy atom. The van der Waals surface area contributed by atoms with Crippen molar-refractivity contribution in [3.8, 4) is 5.75 Å². The summed E-state index contributed by atoms with van der Waals surface area (Å²) in [7, 11) is 3.39. The second-order valence-corrected chi connectivity index (χ2v) is 10.4. The Hall–Kier alpha value is -2.65. The number of amides is 3. The molecule has 0 bridgehead atoms. The van der Waals surface area contributed by atoms with Crippen LogP contribution in [0.1, 0.15) is 49.9 Å². The molecule has 3 atom stereocenters. The van der Waals surface area contributed by atoms with Crippen LogP contribution in [-0.2, 0) is 19.1 Å². The Kier molecular flexibility index (Phi) is 8.51. The Morgan fingerprint density at radius 1 is 1.06 bits per heavy atom. The third-order valence-electron chi connectivity index (χ3n) is 7.52. The summed E-state index contributed by atoms with van der Waals surface area (Å²) in [5.41, 5.74) is 1.01. The molecule has 0 radical (unpaired) electrons. The lowest BCUT2D eigenvalue weighted by Crippen LogP contribution is -2.50. The average molecular weight is 502 g/mol. The predicted octanol–water partition coefficient (Wildman–Crippen LogP) is 2.79. The van der Waals surface area contributed by atoms with Crippen LogP contribution in [-0.4, -0.2) is 86.7 Å². The monoisotopic (exact) mass is 501 g/mol. The molecule has 3 amide bonds. The van der Waals surface area contributed by atoms with Crippen molar-refractivity contribution in [1.29, 1.82) is 0 Å². The van der Waals surface area contributed by atoms with Crippen molar-refractivity contribution in [2.24, 2.45) is 17.8 Å². The Labute approximate surface area is 213 Å². The molecule has 36 heavy (non-hydrogen) atoms. The Bertz CT molecular complexity index is 959. The fraction of sp³-hybridized carbons (Fsp3) is 0.667. The molecular formula is C27H39N3O6. The van der Waals surface area contributed by atoms with Gasteiger partial charge in [-0.1, -0.05) is 6.92 Å². The van der Waals surface area contributed by atoms with Gasteiger partial charge in [0.2, 0.25) is 11.8 Å². The van der Waals surface area contributed by atoms with Crippen molar-refractivity contribution >= 4 is 23.4 Å². The van der Waals surface area contributed by atoms with Gasteiger partial charge in [-0.05, 0) is 44.7 Å². The number of anilines is 1. The lowest BCUT2D eigenvalue weighted by molar-refractivity contribution is -0.143. The topological polar surface area (TPSA) is 97.4 Å². The minimum Gasteiger partial charge on any atom is -0.491 e. The van der Waals surface area contributed by atoms with Crippen molar-refractivity contribution in [3.63, 3.8) is 0 Å². The quantitative estimate of drug-likeness (QED) is 0.682. The number of fused-ring (bicyclic) bond motifs is 1. The molecule has 9 heteroatoms. The molecule has 1 aliphatic carbocycles. The van der Waals surface area contributed by atoms with E-state index in [4.69, 9.17) is 14.2 Å². The van der Waals surface area contributed by atoms with Gasteiger partial charge in [0, 0.05) is 70.0 Å². The molecule has 0 unspecified atom stereocenters. The van der Waals surface area contributed by atoms with Gasteiger partial charge in [0.25, 0.3) is 5.91 Å². The van der Waals surface area contributed by atoms with Crippen molar-refractivity contribution in [2.75, 3.05) is 52.4 Å². The van der Waals surface area contributed by atoms with Gasteiger partial charge in [-0.15, -0.1) is 0 Å². The van der Waals surface area contributed by atoms with Crippen LogP contribution in [0.4, 0.5) is 5.69 Å². The van der Waals surface area contributed by atoms with Gasteiger partial charge >= 0.3 is 0 Å². The number of carbonyl (C=O) groups excluding carboxylic acids is 3. The van der Waals surface area contributed by atoms with Crippen LogP contribution in [0.2, 0.25) is 0 Å². The van der Waals surface area contributed by atoms with Crippen molar-refractivity contribution in [2.45, 2.75) is 51.7 Å². The fourth-order valence-electron chi connectivity index (χ4n) is 4.93. The summed E-state index contributed by atoms with van der Waals surface area (Å²) in [4.78, 5) is 42.8. The van der Waals surface area contributed by atoms with Crippen LogP contribution < -0.4 is 10.1 Å². The zero-order valence-electron chi connectivity index (χ0n) is 21.8. The summed E-state index contributed by atoms with van der Waals surface area (Å²) in [6.07, 6.45) is 3.01. The molecule has 198 valence electrons. The summed E-state index contributed by atoms with van der Waals surface area (Å²) >= 11 is 0. The fourth-order valence-corrected chi connectivity index (χ4v) is 4.93. The number of rotatable bonds is 4. The van der Waals surface area contributed by atoms with E-state index in [9.17, 15) is 14.4 Å². The second-order valence-electron chi connectivity index (χ2n) is 10.4. The van der Waals surface area contributed by atoms with Crippen LogP contribution in [0.3, 0.4) is 0 Å². The molecule has 2 heterocycles. The largest absolute Gasteiger partial charge is 0.491 e. The maximum absolute atomic E-state index is 13.6. The van der Waals surface area contributed by atoms with Crippen molar-refractivity contribution in [3.05, 3.63) is 23.8 Å². The summed E-state index contributed by atoms with van der Waals surface area (Å²) < 4.78 is 17.4. The molecule has 0 aromatic heterocycles. The molecule has 4 rings (SSSR count). The van der Waals surface area contributed by atoms with Crippen LogP contribution in [0.5, 0.6) is 5.75 Å². The highest BCUT2D eigenvalue weighted by atomic mass is 16.5. The number of carbonyl (C=O) groups is 3. The summed E-state index contributed by atoms with van der Waals surface area (Å²) in [6, 6.07) is 4.93. The van der Waals surface area contributed by atoms with Gasteiger partial charge in [-0.25, -0.2) is 0 Å². The lowest BCUT2D eigenvalue weighted by Gasteiger charge is -2.38. The normalized spacial score (nSPS) is 26.3. The molecular weight excluding hydrogens is 462 g/mol. The highest BCUT2D eigenvalue weighted by molar-refractivity contribution is 5.99. The predicted molar refractivity (Wildman–Crippen MR) is 135 cm³/mol. The van der Waals surface area contributed by atoms with Crippen molar-refractivity contribution < 1.29 is 28.6 Å². The van der Waals surface area contributed by atoms with Gasteiger partial charge < -0.3 is 29.3 Å². The van der Waals surface area contributed by atoms with E-state index in [-0.39, 0.29) is 54.2 Å². The number of nitrogens with zero attached hydrogens (tertiary/aromatic N) is 2. The maximum Gasteiger partial charge on any atom is 0.257 e. The SMILES string of the molecule is CO[C@H]1CN(C)C(=O)c2ccc(NC(=O)C3CC3)cc2OC[C@H](C)N(C(=O)C2CCOCC2)C[C@@H]1C. The molecule has 3 aliphatic rings. The summed E-state index contributed by atoms with van der Waals surface area (Å²) in [6.45, 7) is 6.34. The number of methoxy groups -OCH3 is 1. The first-order chi connectivity index (χ1) is 17.3. The number of likely N-dealkylation sites (N-methyl/N-ethyl adjacent to an activating group) is 1. The standard InChI is InChI=1S/C27H39N3O6/c1-17-14-30(26(32)20-9-11-35-12-10-20)18(2)16-36-23-13-21(28-25(31)19-5-6-19)7-8-22(23)27(33)29(3)15-24(17)34-4/h7-8,13,17-20,24H,5-6,9-12,14-16H2,1-4H3,(H,28,31)/t17-,18-,24-/m0/s1. The molecule has 1 N–H and O–H groups in total. The lowest BCUT2D eigenvalue weighted by atomic mass is 9.95. The number of ether oxygens (including phenoxy) is 3. The molecule has 9 nitrogen and oxygen atoms in total. The minimum absolute atomic E-state index is 0.00919. The van der Waals surface area contributed by atoms with Crippen LogP contribution >= 0.6 is 0 Å². The molecule has 2 aliphatic heterocycles. The molecule has 0 spiro atoms. The van der Waals surface area contributed by atoms with E-state index in [1.165, 1.54) is 0 Å². The Morgan fingerprint density at radius 3 is 2.44 bits per heavy atom. The van der Waals surface area contributed by atoms with Gasteiger partial charge in [0.15, 0.2) is 0 Å². The van der Waals surface area contributed by atoms with E-state index in [0.29, 0.717) is 43.3 Å². The molecule has 1 aromatic rings. The average Bonchev–Trinajstić information content (AvgIpc) is 3.74. The summed E-state index contributed by atoms with van der Waals surface area (Å²) in [5, 5.41) is 2.93. The van der Waals surface area contributed by atoms with Crippen LogP contribution in [0.25, 0.3) is 0 Å². The zero-order valence-corrected chi connectivity index (χ0v) is 21.8. The van der Waals surface area contributed by atoms with Gasteiger partial charge in [-0.3, -0.25) is 14.4 Å². The highest BCUT2D eigenvalue weighted by Gasteiger charge is 2.34. The van der Waals surface area contributed by atoms with Gasteiger partial charge in [0.05, 0.1) is 17.7 Å². The van der Waals surface area contributed by atoms with E-state index >= 15 is 0 Å². The first-order valence-corrected chi connectivity index (χ1v) is 13.0. The smallest absolute Gasteiger partial charge is 0.257 e. The van der Waals surface area contributed by atoms with E-state index in [2.05, 4.69) is 12.2 Å². The summed E-state index contributed by atoms with van der Waals surface area (Å²) in [5.74, 6) is 0.334. The molecule has 1 saturated carbocycles. The van der Waals surface area contributed by atoms with Crippen molar-refractivity contribution in [1.82, 2.24) is 9.80 Å². The van der Waals surface area contributed by atoms with E-state index in [1.807, 2.05) is 11.8 Å². The number of benzene rings is 1. The molecule has 2 fully saturated rings. The van der Waals surface area contributed by atoms with E-state index in [1.54, 1.807) is 37.3 Å².